The molecule has 0 aliphatic rings. The first-order chi connectivity index (χ1) is 13.7. The van der Waals surface area contributed by atoms with Crippen LogP contribution in [0.3, 0.4) is 0 Å². The molecule has 0 unspecified atom stereocenters. The molecule has 29 heavy (non-hydrogen) atoms. The lowest BCUT2D eigenvalue weighted by Gasteiger charge is -2.04. The van der Waals surface area contributed by atoms with Gasteiger partial charge in [-0.1, -0.05) is 23.8 Å². The Kier molecular flexibility index (Phi) is 5.95. The number of nitrogens with two attached hydrogens (primary N) is 1. The second-order valence-electron chi connectivity index (χ2n) is 6.58. The zero-order chi connectivity index (χ0) is 21.0. The van der Waals surface area contributed by atoms with Gasteiger partial charge in [-0.05, 0) is 49.2 Å². The molecule has 0 radical (unpaired) electrons. The van der Waals surface area contributed by atoms with Gasteiger partial charge in [-0.2, -0.15) is 0 Å². The summed E-state index contributed by atoms with van der Waals surface area (Å²) in [5.41, 5.74) is 2.38. The highest BCUT2D eigenvalue weighted by molar-refractivity contribution is 7.89. The number of nitrogens with one attached hydrogen (secondary N) is 1. The molecular weight excluding hydrogens is 392 g/mol. The molecule has 3 rings (SSSR count). The summed E-state index contributed by atoms with van der Waals surface area (Å²) in [5, 5.41) is 8.23. The second kappa shape index (κ2) is 8.42. The Morgan fingerprint density at radius 3 is 2.59 bits per heavy atom. The topological polar surface area (TPSA) is 119 Å². The van der Waals surface area contributed by atoms with Gasteiger partial charge in [0.05, 0.1) is 15.8 Å². The second-order valence-corrected chi connectivity index (χ2v) is 8.14. The lowest BCUT2D eigenvalue weighted by Crippen LogP contribution is -2.23. The van der Waals surface area contributed by atoms with Crippen molar-refractivity contribution >= 4 is 33.0 Å². The number of carbonyl (C=O) groups is 1. The summed E-state index contributed by atoms with van der Waals surface area (Å²) in [5.74, 6) is -0.352. The minimum Gasteiger partial charge on any atom is -0.463 e. The number of hydrogen-bond donors (Lipinski definition) is 2. The molecule has 3 N–H and O–H groups in total. The molecule has 0 bridgehead atoms. The van der Waals surface area contributed by atoms with Gasteiger partial charge in [-0.3, -0.25) is 9.59 Å². The number of amides is 1. The van der Waals surface area contributed by atoms with Crippen molar-refractivity contribution in [2.45, 2.75) is 18.2 Å². The maximum Gasteiger partial charge on any atom is 0.244 e. The van der Waals surface area contributed by atoms with Crippen LogP contribution >= 0.6 is 0 Å². The largest absolute Gasteiger partial charge is 0.463 e. The summed E-state index contributed by atoms with van der Waals surface area (Å²) >= 11 is 0. The molecule has 1 aromatic heterocycles. The Morgan fingerprint density at radius 1 is 1.17 bits per heavy atom. The van der Waals surface area contributed by atoms with E-state index < -0.39 is 10.0 Å². The van der Waals surface area contributed by atoms with Crippen molar-refractivity contribution in [2.24, 2.45) is 5.14 Å². The van der Waals surface area contributed by atoms with Crippen molar-refractivity contribution in [3.05, 3.63) is 81.7 Å². The summed E-state index contributed by atoms with van der Waals surface area (Å²) in [7, 11) is -3.72. The first kappa shape index (κ1) is 20.5. The third kappa shape index (κ3) is 5.18. The Bertz CT molecular complexity index is 1240. The highest BCUT2D eigenvalue weighted by atomic mass is 32.2. The molecule has 0 aliphatic carbocycles. The fraction of sp³-hybridized carbons (Fsp3) is 0.143. The molecule has 1 heterocycles. The minimum absolute atomic E-state index is 0.0395. The summed E-state index contributed by atoms with van der Waals surface area (Å²) < 4.78 is 27.9. The number of aryl methyl sites for hydroxylation is 1. The van der Waals surface area contributed by atoms with Crippen LogP contribution in [0.5, 0.6) is 0 Å². The van der Waals surface area contributed by atoms with Crippen LogP contribution in [0.4, 0.5) is 0 Å². The van der Waals surface area contributed by atoms with Gasteiger partial charge in [0.1, 0.15) is 11.8 Å². The Labute approximate surface area is 167 Å². The highest BCUT2D eigenvalue weighted by Crippen LogP contribution is 2.14. The summed E-state index contributed by atoms with van der Waals surface area (Å²) in [6.45, 7) is 2.24. The average molecular weight is 412 g/mol. The number of hydrogen-bond acceptors (Lipinski definition) is 5. The molecule has 1 amide bonds. The van der Waals surface area contributed by atoms with Crippen LogP contribution in [0.2, 0.25) is 0 Å². The molecule has 150 valence electrons. The van der Waals surface area contributed by atoms with Gasteiger partial charge in [-0.25, -0.2) is 13.6 Å². The summed E-state index contributed by atoms with van der Waals surface area (Å²) in [6.07, 6.45) is 4.54. The van der Waals surface area contributed by atoms with E-state index in [2.05, 4.69) is 5.32 Å². The predicted octanol–water partition coefficient (Wildman–Crippen LogP) is 2.12. The predicted molar refractivity (Wildman–Crippen MR) is 111 cm³/mol. The minimum atomic E-state index is -3.72. The van der Waals surface area contributed by atoms with Gasteiger partial charge in [0.15, 0.2) is 5.43 Å². The Morgan fingerprint density at radius 2 is 1.90 bits per heavy atom. The van der Waals surface area contributed by atoms with E-state index in [0.717, 1.165) is 11.1 Å². The fourth-order valence-corrected chi connectivity index (χ4v) is 3.29. The van der Waals surface area contributed by atoms with Gasteiger partial charge >= 0.3 is 0 Å². The molecular formula is C21H20N2O5S. The number of carbonyl (C=O) groups excluding carboxylic acids is 1. The number of fused-ring (bicyclic) bond motifs is 1. The van der Waals surface area contributed by atoms with Crippen molar-refractivity contribution < 1.29 is 17.6 Å². The van der Waals surface area contributed by atoms with E-state index >= 15 is 0 Å². The van der Waals surface area contributed by atoms with E-state index in [1.807, 2.05) is 13.0 Å². The van der Waals surface area contributed by atoms with Gasteiger partial charge < -0.3 is 9.73 Å². The van der Waals surface area contributed by atoms with E-state index in [0.29, 0.717) is 23.9 Å². The summed E-state index contributed by atoms with van der Waals surface area (Å²) in [6, 6.07) is 11.5. The van der Waals surface area contributed by atoms with Crippen molar-refractivity contribution in [2.75, 3.05) is 6.54 Å². The number of benzene rings is 2. The molecule has 0 aliphatic heterocycles. The first-order valence-corrected chi connectivity index (χ1v) is 10.4. The smallest absolute Gasteiger partial charge is 0.244 e. The van der Waals surface area contributed by atoms with Gasteiger partial charge in [0, 0.05) is 12.6 Å². The van der Waals surface area contributed by atoms with Crippen LogP contribution in [-0.4, -0.2) is 20.9 Å². The number of primary sulfonamides is 1. The molecule has 0 saturated heterocycles. The average Bonchev–Trinajstić information content (AvgIpc) is 2.67. The molecule has 0 fully saturated rings. The first-order valence-electron chi connectivity index (χ1n) is 8.84. The van der Waals surface area contributed by atoms with Crippen molar-refractivity contribution in [1.82, 2.24) is 5.32 Å². The Hall–Kier alpha value is -3.23. The lowest BCUT2D eigenvalue weighted by molar-refractivity contribution is -0.116. The van der Waals surface area contributed by atoms with Crippen LogP contribution in [-0.2, 0) is 21.2 Å². The number of sulfonamides is 1. The van der Waals surface area contributed by atoms with Crippen LogP contribution in [0, 0.1) is 6.92 Å². The van der Waals surface area contributed by atoms with Crippen LogP contribution in [0.15, 0.2) is 68.9 Å². The zero-order valence-corrected chi connectivity index (χ0v) is 16.5. The maximum absolute atomic E-state index is 12.5. The van der Waals surface area contributed by atoms with E-state index in [1.165, 1.54) is 30.5 Å². The van der Waals surface area contributed by atoms with Gasteiger partial charge in [-0.15, -0.1) is 0 Å². The van der Waals surface area contributed by atoms with Crippen LogP contribution in [0.25, 0.3) is 17.0 Å². The maximum atomic E-state index is 12.5. The van der Waals surface area contributed by atoms with Gasteiger partial charge in [0.25, 0.3) is 0 Å². The molecule has 7 nitrogen and oxygen atoms in total. The molecule has 3 aromatic rings. The normalized spacial score (nSPS) is 11.8. The molecule has 8 heteroatoms. The SMILES string of the molecule is Cc1ccc2occ(/C=C/C(=O)NCCc3ccc(S(N)(=O)=O)cc3)c(=O)c2c1. The third-order valence-electron chi connectivity index (χ3n) is 4.33. The molecule has 2 aromatic carbocycles. The van der Waals surface area contributed by atoms with Crippen LogP contribution < -0.4 is 15.9 Å². The van der Waals surface area contributed by atoms with E-state index in [4.69, 9.17) is 9.56 Å². The molecule has 0 saturated carbocycles. The lowest BCUT2D eigenvalue weighted by atomic mass is 10.1. The van der Waals surface area contributed by atoms with Crippen molar-refractivity contribution in [3.63, 3.8) is 0 Å². The van der Waals surface area contributed by atoms with Crippen molar-refractivity contribution in [1.29, 1.82) is 0 Å². The van der Waals surface area contributed by atoms with Crippen LogP contribution in [0.1, 0.15) is 16.7 Å². The monoisotopic (exact) mass is 412 g/mol. The highest BCUT2D eigenvalue weighted by Gasteiger charge is 2.07. The van der Waals surface area contributed by atoms with E-state index in [1.54, 1.807) is 24.3 Å². The molecule has 0 atom stereocenters. The quantitative estimate of drug-likeness (QED) is 0.601. The Balaban J connectivity index is 1.59. The van der Waals surface area contributed by atoms with Gasteiger partial charge in [0.2, 0.25) is 15.9 Å². The van der Waals surface area contributed by atoms with E-state index in [9.17, 15) is 18.0 Å². The van der Waals surface area contributed by atoms with Crippen molar-refractivity contribution in [3.8, 4) is 0 Å². The zero-order valence-electron chi connectivity index (χ0n) is 15.7. The van der Waals surface area contributed by atoms with E-state index in [-0.39, 0.29) is 21.8 Å². The number of rotatable bonds is 6. The fourth-order valence-electron chi connectivity index (χ4n) is 2.78. The molecule has 0 spiro atoms. The summed E-state index contributed by atoms with van der Waals surface area (Å²) in [4.78, 5) is 24.5. The standard InChI is InChI=1S/C21H20N2O5S/c1-14-2-8-19-18(12-14)21(25)16(13-28-19)5-9-20(24)23-11-10-15-3-6-17(7-4-15)29(22,26)27/h2-9,12-13H,10-11H2,1H3,(H,23,24)(H2,22,26,27)/b9-5+. The third-order valence-corrected chi connectivity index (χ3v) is 5.26.